The number of allylic oxidation sites excluding steroid dienone is 2. The minimum absolute atomic E-state index is 0.135. The van der Waals surface area contributed by atoms with Crippen molar-refractivity contribution in [2.45, 2.75) is 6.18 Å². The van der Waals surface area contributed by atoms with Crippen LogP contribution in [0, 0.1) is 11.3 Å². The lowest BCUT2D eigenvalue weighted by atomic mass is 10.2. The van der Waals surface area contributed by atoms with Gasteiger partial charge in [-0.3, -0.25) is 5.01 Å². The second-order valence-corrected chi connectivity index (χ2v) is 2.33. The molecular formula is C7H6F3N3. The van der Waals surface area contributed by atoms with Gasteiger partial charge >= 0.3 is 6.18 Å². The average molecular weight is 189 g/mol. The van der Waals surface area contributed by atoms with Crippen LogP contribution in [-0.2, 0) is 0 Å². The van der Waals surface area contributed by atoms with Crippen molar-refractivity contribution in [1.29, 1.82) is 5.26 Å². The summed E-state index contributed by atoms with van der Waals surface area (Å²) in [6.45, 7) is -0.135. The Morgan fingerprint density at radius 2 is 2.23 bits per heavy atom. The number of hydrogen-bond donors (Lipinski definition) is 1. The highest BCUT2D eigenvalue weighted by molar-refractivity contribution is 5.25. The molecule has 1 rings (SSSR count). The Hall–Kier alpha value is -1.64. The quantitative estimate of drug-likeness (QED) is 0.631. The lowest BCUT2D eigenvalue weighted by Crippen LogP contribution is -2.33. The molecule has 0 atom stereocenters. The van der Waals surface area contributed by atoms with Crippen LogP contribution in [-0.4, -0.2) is 17.7 Å². The molecule has 0 aromatic heterocycles. The molecule has 0 unspecified atom stereocenters. The van der Waals surface area contributed by atoms with E-state index in [2.05, 4.69) is 5.43 Å². The molecule has 0 spiro atoms. The summed E-state index contributed by atoms with van der Waals surface area (Å²) in [6.07, 6.45) is -1.47. The Morgan fingerprint density at radius 1 is 1.54 bits per heavy atom. The van der Waals surface area contributed by atoms with Gasteiger partial charge in [0.25, 0.3) is 0 Å². The zero-order valence-electron chi connectivity index (χ0n) is 6.47. The maximum Gasteiger partial charge on any atom is 0.417 e. The molecule has 13 heavy (non-hydrogen) atoms. The highest BCUT2D eigenvalue weighted by Crippen LogP contribution is 2.27. The second kappa shape index (κ2) is 3.39. The largest absolute Gasteiger partial charge is 0.417 e. The highest BCUT2D eigenvalue weighted by atomic mass is 19.4. The molecule has 70 valence electrons. The van der Waals surface area contributed by atoms with E-state index >= 15 is 0 Å². The Labute approximate surface area is 72.7 Å². The van der Waals surface area contributed by atoms with E-state index < -0.39 is 11.7 Å². The van der Waals surface area contributed by atoms with Crippen molar-refractivity contribution in [2.75, 3.05) is 6.54 Å². The average Bonchev–Trinajstić information content (AvgIpc) is 2.04. The van der Waals surface area contributed by atoms with E-state index in [1.54, 1.807) is 6.07 Å². The number of rotatable bonds is 1. The van der Waals surface area contributed by atoms with Crippen LogP contribution < -0.4 is 5.43 Å². The molecule has 0 radical (unpaired) electrons. The van der Waals surface area contributed by atoms with Crippen LogP contribution in [0.2, 0.25) is 0 Å². The lowest BCUT2D eigenvalue weighted by Gasteiger charge is -2.22. The maximum atomic E-state index is 12.1. The van der Waals surface area contributed by atoms with Crippen molar-refractivity contribution < 1.29 is 13.2 Å². The zero-order valence-corrected chi connectivity index (χ0v) is 6.47. The van der Waals surface area contributed by atoms with Crippen molar-refractivity contribution in [3.8, 4) is 6.07 Å². The van der Waals surface area contributed by atoms with Gasteiger partial charge in [-0.25, -0.2) is 0 Å². The number of alkyl halides is 3. The van der Waals surface area contributed by atoms with Gasteiger partial charge in [0.2, 0.25) is 0 Å². The fraction of sp³-hybridized carbons (Fsp3) is 0.286. The molecule has 0 bridgehead atoms. The van der Waals surface area contributed by atoms with Crippen molar-refractivity contribution in [3.63, 3.8) is 0 Å². The van der Waals surface area contributed by atoms with Gasteiger partial charge in [0.05, 0.1) is 11.6 Å². The summed E-state index contributed by atoms with van der Waals surface area (Å²) in [4.78, 5) is 0. The number of hydrogen-bond acceptors (Lipinski definition) is 3. The van der Waals surface area contributed by atoms with E-state index in [-0.39, 0.29) is 6.54 Å². The Balaban J connectivity index is 2.76. The third-order valence-corrected chi connectivity index (χ3v) is 1.37. The molecule has 0 saturated heterocycles. The maximum absolute atomic E-state index is 12.1. The van der Waals surface area contributed by atoms with Crippen LogP contribution in [0.1, 0.15) is 0 Å². The standard InChI is InChI=1S/C7H6F3N3/c8-7(9,10)6-1-3-12-13(5-6)4-2-11/h1,3,5,12H,4H2. The molecule has 0 amide bonds. The van der Waals surface area contributed by atoms with Crippen LogP contribution in [0.5, 0.6) is 0 Å². The number of hydrazine groups is 1. The molecular weight excluding hydrogens is 183 g/mol. The van der Waals surface area contributed by atoms with Gasteiger partial charge < -0.3 is 5.43 Å². The summed E-state index contributed by atoms with van der Waals surface area (Å²) >= 11 is 0. The van der Waals surface area contributed by atoms with E-state index in [9.17, 15) is 13.2 Å². The highest BCUT2D eigenvalue weighted by Gasteiger charge is 2.33. The predicted molar refractivity (Wildman–Crippen MR) is 38.7 cm³/mol. The molecule has 1 heterocycles. The molecule has 0 fully saturated rings. The summed E-state index contributed by atoms with van der Waals surface area (Å²) in [5, 5.41) is 9.30. The Kier molecular flexibility index (Phi) is 2.46. The minimum atomic E-state index is -4.37. The third kappa shape index (κ3) is 2.40. The van der Waals surface area contributed by atoms with E-state index in [0.29, 0.717) is 0 Å². The van der Waals surface area contributed by atoms with Gasteiger partial charge in [-0.05, 0) is 6.08 Å². The minimum Gasteiger partial charge on any atom is -0.305 e. The third-order valence-electron chi connectivity index (χ3n) is 1.37. The normalized spacial score (nSPS) is 16.2. The molecule has 0 saturated carbocycles. The van der Waals surface area contributed by atoms with Crippen molar-refractivity contribution in [1.82, 2.24) is 10.4 Å². The Bertz CT molecular complexity index is 284. The summed E-state index contributed by atoms with van der Waals surface area (Å²) in [5.74, 6) is 0. The van der Waals surface area contributed by atoms with Crippen molar-refractivity contribution in [2.24, 2.45) is 0 Å². The molecule has 0 aromatic carbocycles. The van der Waals surface area contributed by atoms with Gasteiger partial charge in [-0.1, -0.05) is 0 Å². The molecule has 0 aromatic rings. The Morgan fingerprint density at radius 3 is 2.77 bits per heavy atom. The van der Waals surface area contributed by atoms with E-state index in [4.69, 9.17) is 5.26 Å². The molecule has 0 aliphatic carbocycles. The summed E-state index contributed by atoms with van der Waals surface area (Å²) < 4.78 is 36.3. The fourth-order valence-corrected chi connectivity index (χ4v) is 0.806. The smallest absolute Gasteiger partial charge is 0.305 e. The number of halogens is 3. The monoisotopic (exact) mass is 189 g/mol. The van der Waals surface area contributed by atoms with Crippen LogP contribution in [0.3, 0.4) is 0 Å². The van der Waals surface area contributed by atoms with Gasteiger partial charge in [-0.2, -0.15) is 18.4 Å². The first kappa shape index (κ1) is 9.45. The molecule has 6 heteroatoms. The second-order valence-electron chi connectivity index (χ2n) is 2.33. The van der Waals surface area contributed by atoms with Gasteiger partial charge in [-0.15, -0.1) is 0 Å². The molecule has 1 aliphatic heterocycles. The number of nitrogens with one attached hydrogen (secondary N) is 1. The zero-order chi connectivity index (χ0) is 9.90. The topological polar surface area (TPSA) is 39.1 Å². The van der Waals surface area contributed by atoms with Crippen LogP contribution in [0.4, 0.5) is 13.2 Å². The van der Waals surface area contributed by atoms with Crippen LogP contribution >= 0.6 is 0 Å². The van der Waals surface area contributed by atoms with E-state index in [1.807, 2.05) is 0 Å². The first-order valence-electron chi connectivity index (χ1n) is 3.39. The predicted octanol–water partition coefficient (Wildman–Crippen LogP) is 1.29. The van der Waals surface area contributed by atoms with Crippen LogP contribution in [0.25, 0.3) is 0 Å². The van der Waals surface area contributed by atoms with Crippen LogP contribution in [0.15, 0.2) is 24.0 Å². The SMILES string of the molecule is N#CCN1C=C(C(F)(F)F)C=CN1. The summed E-state index contributed by atoms with van der Waals surface area (Å²) in [6, 6.07) is 1.73. The first-order valence-corrected chi connectivity index (χ1v) is 3.39. The van der Waals surface area contributed by atoms with Gasteiger partial charge in [0.15, 0.2) is 0 Å². The summed E-state index contributed by atoms with van der Waals surface area (Å²) in [7, 11) is 0. The lowest BCUT2D eigenvalue weighted by molar-refractivity contribution is -0.0899. The van der Waals surface area contributed by atoms with Gasteiger partial charge in [0, 0.05) is 12.4 Å². The molecule has 1 N–H and O–H groups in total. The van der Waals surface area contributed by atoms with E-state index in [1.165, 1.54) is 0 Å². The molecule has 3 nitrogen and oxygen atoms in total. The van der Waals surface area contributed by atoms with Crippen molar-refractivity contribution >= 4 is 0 Å². The molecule has 1 aliphatic rings. The summed E-state index contributed by atoms with van der Waals surface area (Å²) in [5.41, 5.74) is 1.70. The number of nitriles is 1. The fourth-order valence-electron chi connectivity index (χ4n) is 0.806. The van der Waals surface area contributed by atoms with E-state index in [0.717, 1.165) is 23.5 Å². The number of nitrogens with zero attached hydrogens (tertiary/aromatic N) is 2. The van der Waals surface area contributed by atoms with Crippen molar-refractivity contribution in [3.05, 3.63) is 24.0 Å². The van der Waals surface area contributed by atoms with Gasteiger partial charge in [0.1, 0.15) is 6.54 Å². The first-order chi connectivity index (χ1) is 6.04.